The van der Waals surface area contributed by atoms with Crippen molar-refractivity contribution in [3.8, 4) is 0 Å². The number of carbonyl (C=O) groups is 2. The number of rotatable bonds is 5. The van der Waals surface area contributed by atoms with Gasteiger partial charge in [0.15, 0.2) is 0 Å². The Kier molecular flexibility index (Phi) is 6.43. The van der Waals surface area contributed by atoms with Crippen LogP contribution in [-0.4, -0.2) is 52.8 Å². The van der Waals surface area contributed by atoms with Gasteiger partial charge in [-0.1, -0.05) is 11.6 Å². The first kappa shape index (κ1) is 18.1. The van der Waals surface area contributed by atoms with Crippen LogP contribution in [0, 0.1) is 0 Å². The van der Waals surface area contributed by atoms with Crippen LogP contribution >= 0.6 is 11.6 Å². The predicted molar refractivity (Wildman–Crippen MR) is 91.2 cm³/mol. The lowest BCUT2D eigenvalue weighted by molar-refractivity contribution is -0.137. The second-order valence-electron chi connectivity index (χ2n) is 5.37. The lowest BCUT2D eigenvalue weighted by atomic mass is 10.1. The SMILES string of the molecule is CCOC(=O)/C=C/c1cnc(NC2CCN(C(=O)O)CC2)c(Cl)c1. The van der Waals surface area contributed by atoms with Gasteiger partial charge in [0, 0.05) is 31.4 Å². The van der Waals surface area contributed by atoms with E-state index in [-0.39, 0.29) is 6.04 Å². The molecule has 0 unspecified atom stereocenters. The van der Waals surface area contributed by atoms with E-state index in [2.05, 4.69) is 10.3 Å². The molecule has 0 radical (unpaired) electrons. The molecular weight excluding hydrogens is 334 g/mol. The average Bonchev–Trinajstić information content (AvgIpc) is 2.56. The first-order valence-electron chi connectivity index (χ1n) is 7.74. The Labute approximate surface area is 145 Å². The number of halogens is 1. The third-order valence-corrected chi connectivity index (χ3v) is 3.96. The van der Waals surface area contributed by atoms with Gasteiger partial charge < -0.3 is 20.1 Å². The van der Waals surface area contributed by atoms with Gasteiger partial charge in [-0.15, -0.1) is 0 Å². The second-order valence-corrected chi connectivity index (χ2v) is 5.78. The zero-order valence-corrected chi connectivity index (χ0v) is 14.1. The number of hydrogen-bond donors (Lipinski definition) is 2. The van der Waals surface area contributed by atoms with Gasteiger partial charge in [0.25, 0.3) is 0 Å². The van der Waals surface area contributed by atoms with Gasteiger partial charge in [-0.05, 0) is 37.5 Å². The van der Waals surface area contributed by atoms with Crippen LogP contribution in [0.2, 0.25) is 5.02 Å². The van der Waals surface area contributed by atoms with Gasteiger partial charge in [0.05, 0.1) is 11.6 Å². The maximum absolute atomic E-state index is 11.3. The van der Waals surface area contributed by atoms with Crippen molar-refractivity contribution in [2.45, 2.75) is 25.8 Å². The Morgan fingerprint density at radius 2 is 2.21 bits per heavy atom. The van der Waals surface area contributed by atoms with Crippen LogP contribution in [0.4, 0.5) is 10.6 Å². The average molecular weight is 354 g/mol. The molecule has 2 N–H and O–H groups in total. The Morgan fingerprint density at radius 1 is 1.50 bits per heavy atom. The van der Waals surface area contributed by atoms with E-state index in [0.717, 1.165) is 0 Å². The summed E-state index contributed by atoms with van der Waals surface area (Å²) < 4.78 is 4.81. The van der Waals surface area contributed by atoms with E-state index >= 15 is 0 Å². The van der Waals surface area contributed by atoms with Crippen molar-refractivity contribution in [1.29, 1.82) is 0 Å². The number of nitrogens with one attached hydrogen (secondary N) is 1. The minimum absolute atomic E-state index is 0.131. The van der Waals surface area contributed by atoms with Gasteiger partial charge in [0.1, 0.15) is 5.82 Å². The fourth-order valence-electron chi connectivity index (χ4n) is 2.41. The number of carbonyl (C=O) groups excluding carboxylic acids is 1. The lowest BCUT2D eigenvalue weighted by Crippen LogP contribution is -2.41. The molecule has 24 heavy (non-hydrogen) atoms. The zero-order chi connectivity index (χ0) is 17.5. The Hall–Kier alpha value is -2.28. The van der Waals surface area contributed by atoms with Crippen LogP contribution in [-0.2, 0) is 9.53 Å². The Bertz CT molecular complexity index is 628. The number of piperidine rings is 1. The summed E-state index contributed by atoms with van der Waals surface area (Å²) in [7, 11) is 0. The number of aromatic nitrogens is 1. The molecule has 0 aliphatic carbocycles. The molecule has 2 rings (SSSR count). The molecule has 1 fully saturated rings. The molecule has 7 nitrogen and oxygen atoms in total. The number of ether oxygens (including phenoxy) is 1. The normalized spacial score (nSPS) is 15.5. The molecule has 8 heteroatoms. The summed E-state index contributed by atoms with van der Waals surface area (Å²) in [6.07, 6.45) is 5.04. The molecule has 2 heterocycles. The van der Waals surface area contributed by atoms with Crippen LogP contribution in [0.3, 0.4) is 0 Å². The molecule has 1 saturated heterocycles. The summed E-state index contributed by atoms with van der Waals surface area (Å²) >= 11 is 6.22. The van der Waals surface area contributed by atoms with E-state index in [1.165, 1.54) is 11.0 Å². The number of esters is 1. The van der Waals surface area contributed by atoms with E-state index in [4.69, 9.17) is 21.4 Å². The molecule has 0 spiro atoms. The third-order valence-electron chi connectivity index (χ3n) is 3.67. The van der Waals surface area contributed by atoms with Gasteiger partial charge in [-0.25, -0.2) is 14.6 Å². The molecule has 0 atom stereocenters. The molecule has 1 amide bonds. The maximum Gasteiger partial charge on any atom is 0.407 e. The third kappa shape index (κ3) is 5.13. The number of hydrogen-bond acceptors (Lipinski definition) is 5. The summed E-state index contributed by atoms with van der Waals surface area (Å²) in [5.41, 5.74) is 0.694. The van der Waals surface area contributed by atoms with Crippen molar-refractivity contribution in [1.82, 2.24) is 9.88 Å². The lowest BCUT2D eigenvalue weighted by Gasteiger charge is -2.30. The van der Waals surface area contributed by atoms with E-state index in [1.54, 1.807) is 25.3 Å². The monoisotopic (exact) mass is 353 g/mol. The van der Waals surface area contributed by atoms with Gasteiger partial charge in [-0.2, -0.15) is 0 Å². The molecule has 1 aromatic heterocycles. The van der Waals surface area contributed by atoms with Crippen LogP contribution in [0.5, 0.6) is 0 Å². The quantitative estimate of drug-likeness (QED) is 0.624. The second kappa shape index (κ2) is 8.54. The number of pyridine rings is 1. The fourth-order valence-corrected chi connectivity index (χ4v) is 2.64. The van der Waals surface area contributed by atoms with Crippen molar-refractivity contribution in [3.05, 3.63) is 28.9 Å². The Morgan fingerprint density at radius 3 is 2.79 bits per heavy atom. The summed E-state index contributed by atoms with van der Waals surface area (Å²) in [5.74, 6) is 0.139. The number of amides is 1. The van der Waals surface area contributed by atoms with Crippen LogP contribution in [0.1, 0.15) is 25.3 Å². The molecule has 1 aromatic rings. The highest BCUT2D eigenvalue weighted by Crippen LogP contribution is 2.24. The molecule has 0 aromatic carbocycles. The van der Waals surface area contributed by atoms with Gasteiger partial charge >= 0.3 is 12.1 Å². The smallest absolute Gasteiger partial charge is 0.407 e. The van der Waals surface area contributed by atoms with E-state index < -0.39 is 12.1 Å². The summed E-state index contributed by atoms with van der Waals surface area (Å²) in [4.78, 5) is 27.9. The van der Waals surface area contributed by atoms with Crippen LogP contribution in [0.15, 0.2) is 18.3 Å². The molecule has 1 aliphatic rings. The van der Waals surface area contributed by atoms with Crippen molar-refractivity contribution in [2.75, 3.05) is 25.0 Å². The highest BCUT2D eigenvalue weighted by Gasteiger charge is 2.22. The molecule has 0 bridgehead atoms. The minimum atomic E-state index is -0.887. The standard InChI is InChI=1S/C16H20ClN3O4/c1-2-24-14(21)4-3-11-9-13(17)15(18-10-11)19-12-5-7-20(8-6-12)16(22)23/h3-4,9-10,12H,2,5-8H2,1H3,(H,18,19)(H,22,23)/b4-3+. The summed E-state index contributed by atoms with van der Waals surface area (Å²) in [5, 5.41) is 12.6. The molecule has 130 valence electrons. The predicted octanol–water partition coefficient (Wildman–Crippen LogP) is 2.87. The number of likely N-dealkylation sites (tertiary alicyclic amines) is 1. The van der Waals surface area contributed by atoms with Gasteiger partial charge in [-0.3, -0.25) is 0 Å². The topological polar surface area (TPSA) is 91.8 Å². The molecule has 0 saturated carbocycles. The summed E-state index contributed by atoms with van der Waals surface area (Å²) in [6.45, 7) is 3.05. The first-order chi connectivity index (χ1) is 11.5. The van der Waals surface area contributed by atoms with Crippen molar-refractivity contribution in [3.63, 3.8) is 0 Å². The Balaban J connectivity index is 1.93. The van der Waals surface area contributed by atoms with E-state index in [9.17, 15) is 9.59 Å². The molecular formula is C16H20ClN3O4. The van der Waals surface area contributed by atoms with Crippen molar-refractivity contribution < 1.29 is 19.4 Å². The fraction of sp³-hybridized carbons (Fsp3) is 0.438. The largest absolute Gasteiger partial charge is 0.465 e. The summed E-state index contributed by atoms with van der Waals surface area (Å²) in [6, 6.07) is 1.84. The highest BCUT2D eigenvalue weighted by atomic mass is 35.5. The maximum atomic E-state index is 11.3. The zero-order valence-electron chi connectivity index (χ0n) is 13.4. The number of carboxylic acid groups (broad SMARTS) is 1. The van der Waals surface area contributed by atoms with Crippen molar-refractivity contribution in [2.24, 2.45) is 0 Å². The number of anilines is 1. The van der Waals surface area contributed by atoms with Gasteiger partial charge in [0.2, 0.25) is 0 Å². The number of nitrogens with zero attached hydrogens (tertiary/aromatic N) is 2. The van der Waals surface area contributed by atoms with Crippen LogP contribution in [0.25, 0.3) is 6.08 Å². The minimum Gasteiger partial charge on any atom is -0.465 e. The first-order valence-corrected chi connectivity index (χ1v) is 8.12. The van der Waals surface area contributed by atoms with Crippen molar-refractivity contribution >= 4 is 35.6 Å². The van der Waals surface area contributed by atoms with Crippen LogP contribution < -0.4 is 5.32 Å². The van der Waals surface area contributed by atoms with E-state index in [1.807, 2.05) is 0 Å². The van der Waals surface area contributed by atoms with E-state index in [0.29, 0.717) is 48.9 Å². The molecule has 1 aliphatic heterocycles. The highest BCUT2D eigenvalue weighted by molar-refractivity contribution is 6.33.